The summed E-state index contributed by atoms with van der Waals surface area (Å²) < 4.78 is 0. The lowest BCUT2D eigenvalue weighted by Gasteiger charge is -2.27. The number of nitrogens with one attached hydrogen (secondary N) is 9. The van der Waals surface area contributed by atoms with Gasteiger partial charge in [-0.1, -0.05) is 45.9 Å². The number of benzene rings is 1. The fraction of sp³-hybridized carbons (Fsp3) is 0.568. The van der Waals surface area contributed by atoms with Crippen LogP contribution in [0.3, 0.4) is 0 Å². The van der Waals surface area contributed by atoms with E-state index in [0.29, 0.717) is 5.56 Å². The van der Waals surface area contributed by atoms with E-state index in [-0.39, 0.29) is 56.4 Å². The van der Waals surface area contributed by atoms with Crippen LogP contribution < -0.4 is 59.7 Å². The number of carboxylic acids is 1. The van der Waals surface area contributed by atoms with Gasteiger partial charge in [-0.2, -0.15) is 0 Å². The molecule has 18 N–H and O–H groups in total. The lowest BCUT2D eigenvalue weighted by Crippen LogP contribution is -2.62. The summed E-state index contributed by atoms with van der Waals surface area (Å²) in [6, 6.07) is -3.13. The summed E-state index contributed by atoms with van der Waals surface area (Å²) in [5.41, 5.74) is 17.8. The third-order valence-electron chi connectivity index (χ3n) is 10.4. The molecule has 1 aromatic carbocycles. The lowest BCUT2D eigenvalue weighted by molar-refractivity contribution is -0.142. The zero-order valence-electron chi connectivity index (χ0n) is 40.1. The molecule has 9 amide bonds. The number of nitrogens with two attached hydrogens (primary N) is 3. The van der Waals surface area contributed by atoms with Crippen LogP contribution in [-0.2, 0) is 54.4 Å². The Morgan fingerprint density at radius 2 is 1.23 bits per heavy atom. The minimum Gasteiger partial charge on any atom is -0.481 e. The number of hydrogen-bond acceptors (Lipinski definition) is 13. The van der Waals surface area contributed by atoms with Crippen molar-refractivity contribution in [3.8, 4) is 0 Å². The van der Waals surface area contributed by atoms with Gasteiger partial charge >= 0.3 is 5.97 Å². The molecule has 26 nitrogen and oxygen atoms in total. The molecule has 26 heteroatoms. The van der Waals surface area contributed by atoms with E-state index in [1.54, 1.807) is 33.9 Å². The predicted octanol–water partition coefficient (Wildman–Crippen LogP) is -4.28. The van der Waals surface area contributed by atoms with E-state index in [9.17, 15) is 63.3 Å². The van der Waals surface area contributed by atoms with Crippen molar-refractivity contribution in [3.63, 3.8) is 0 Å². The molecule has 0 radical (unpaired) electrons. The molecule has 0 bridgehead atoms. The minimum absolute atomic E-state index is 0.0218. The van der Waals surface area contributed by atoms with Crippen LogP contribution in [0.15, 0.2) is 35.5 Å². The number of aromatic amines is 1. The Hall–Kier alpha value is -7.35. The summed E-state index contributed by atoms with van der Waals surface area (Å²) in [5, 5.41) is 49.8. The number of aliphatic hydroxyl groups excluding tert-OH is 2. The second-order valence-corrected chi connectivity index (χ2v) is 17.5. The van der Waals surface area contributed by atoms with E-state index >= 15 is 0 Å². The van der Waals surface area contributed by atoms with Crippen molar-refractivity contribution in [1.29, 1.82) is 0 Å². The highest BCUT2D eigenvalue weighted by molar-refractivity contribution is 5.98. The molecule has 1 heterocycles. The molecule has 0 spiro atoms. The van der Waals surface area contributed by atoms with Crippen molar-refractivity contribution in [2.75, 3.05) is 19.7 Å². The Bertz CT molecular complexity index is 2190. The van der Waals surface area contributed by atoms with Crippen molar-refractivity contribution in [2.24, 2.45) is 34.0 Å². The number of carbonyl (C=O) groups is 10. The molecule has 0 aliphatic rings. The number of guanidine groups is 1. The monoisotopic (exact) mass is 988 g/mol. The molecular weight excluding hydrogens is 919 g/mol. The first-order chi connectivity index (χ1) is 32.8. The fourth-order valence-corrected chi connectivity index (χ4v) is 7.02. The van der Waals surface area contributed by atoms with Gasteiger partial charge in [-0.05, 0) is 56.1 Å². The number of amides is 9. The quantitative estimate of drug-likeness (QED) is 0.0200. The standard InChI is InChI=1S/C44H69N13O13/c1-21(2)14-29(37(45)64)54-42(69)33(20-58)56-43(70)36(23(5)59)57-41(68)32(17-35(62)63)55-39(66)30(15-22(3)4)52-34(61)19-50-38(65)28(12-9-13-48-44(46)47)53-40(67)31(51-24(6)60)16-25-18-49-27-11-8-7-10-26(25)27/h7-8,10-11,18,21-23,28-33,36,49,58-59H,9,12-17,19-20H2,1-6H3,(H2,45,64)(H,50,65)(H,51,60)(H,52,61)(H,53,67)(H,54,69)(H,55,66)(H,56,70)(H,57,68)(H,62,63)(H4,46,47,48)/t23-,28+,29+,30+,31+,32+,33+,36+/m1/s1. The average Bonchev–Trinajstić information content (AvgIpc) is 3.67. The van der Waals surface area contributed by atoms with E-state index in [1.165, 1.54) is 6.92 Å². The molecular formula is C44H69N13O13. The van der Waals surface area contributed by atoms with Crippen LogP contribution in [0.2, 0.25) is 0 Å². The van der Waals surface area contributed by atoms with Gasteiger partial charge in [0.25, 0.3) is 0 Å². The van der Waals surface area contributed by atoms with Gasteiger partial charge in [0, 0.05) is 37.0 Å². The van der Waals surface area contributed by atoms with E-state index in [1.807, 2.05) is 24.3 Å². The minimum atomic E-state index is -1.91. The smallest absolute Gasteiger partial charge is 0.305 e. The van der Waals surface area contributed by atoms with Crippen LogP contribution in [0.5, 0.6) is 0 Å². The summed E-state index contributed by atoms with van der Waals surface area (Å²) in [6.45, 7) is 7.59. The van der Waals surface area contributed by atoms with Crippen LogP contribution in [0.4, 0.5) is 0 Å². The zero-order valence-corrected chi connectivity index (χ0v) is 40.1. The Balaban J connectivity index is 2.23. The molecule has 0 aliphatic heterocycles. The number of aliphatic imine (C=N–C) groups is 1. The first-order valence-electron chi connectivity index (χ1n) is 22.6. The first kappa shape index (κ1) is 58.8. The number of aliphatic hydroxyl groups is 2. The van der Waals surface area contributed by atoms with E-state index in [2.05, 4.69) is 52.5 Å². The second kappa shape index (κ2) is 28.9. The van der Waals surface area contributed by atoms with Crippen molar-refractivity contribution >= 4 is 76.0 Å². The zero-order chi connectivity index (χ0) is 52.8. The number of fused-ring (bicyclic) bond motifs is 1. The Morgan fingerprint density at radius 3 is 1.80 bits per heavy atom. The van der Waals surface area contributed by atoms with Crippen LogP contribution in [0, 0.1) is 11.8 Å². The topological polar surface area (TPSA) is 434 Å². The highest BCUT2D eigenvalue weighted by Crippen LogP contribution is 2.19. The van der Waals surface area contributed by atoms with Gasteiger partial charge in [0.15, 0.2) is 5.96 Å². The Labute approximate surface area is 404 Å². The van der Waals surface area contributed by atoms with Gasteiger partial charge in [0.2, 0.25) is 53.2 Å². The van der Waals surface area contributed by atoms with Crippen LogP contribution in [-0.4, -0.2) is 153 Å². The summed E-state index contributed by atoms with van der Waals surface area (Å²) in [5.74, 6) is -10.5. The summed E-state index contributed by atoms with van der Waals surface area (Å²) >= 11 is 0. The SMILES string of the molecule is CC(=O)N[C@@H](Cc1c[nH]c2ccccc12)C(=O)N[C@@H](CCCN=C(N)N)C(=O)NCC(=O)N[C@@H](CC(C)C)C(=O)N[C@@H](CC(=O)O)C(=O)N[C@H](C(=O)N[C@@H](CO)C(=O)N[C@@H](CC(C)C)C(N)=O)[C@@H](C)O. The first-order valence-corrected chi connectivity index (χ1v) is 22.6. The maximum atomic E-state index is 13.7. The van der Waals surface area contributed by atoms with Gasteiger partial charge < -0.3 is 80.0 Å². The molecule has 0 saturated heterocycles. The maximum absolute atomic E-state index is 13.7. The molecule has 8 atom stereocenters. The average molecular weight is 988 g/mol. The van der Waals surface area contributed by atoms with E-state index in [0.717, 1.165) is 17.8 Å². The van der Waals surface area contributed by atoms with Crippen LogP contribution >= 0.6 is 0 Å². The van der Waals surface area contributed by atoms with Crippen LogP contribution in [0.25, 0.3) is 10.9 Å². The Kier molecular flexibility index (Phi) is 24.2. The van der Waals surface area contributed by atoms with Gasteiger partial charge in [-0.25, -0.2) is 0 Å². The molecule has 1 aromatic heterocycles. The molecule has 388 valence electrons. The number of para-hydroxylation sites is 1. The summed E-state index contributed by atoms with van der Waals surface area (Å²) in [7, 11) is 0. The van der Waals surface area contributed by atoms with Gasteiger partial charge in [0.05, 0.1) is 25.7 Å². The third-order valence-corrected chi connectivity index (χ3v) is 10.4. The number of H-pyrrole nitrogens is 1. The fourth-order valence-electron chi connectivity index (χ4n) is 7.02. The molecule has 0 fully saturated rings. The Morgan fingerprint density at radius 1 is 0.671 bits per heavy atom. The second-order valence-electron chi connectivity index (χ2n) is 17.5. The molecule has 0 unspecified atom stereocenters. The molecule has 2 rings (SSSR count). The van der Waals surface area contributed by atoms with Gasteiger partial charge in [-0.3, -0.25) is 52.9 Å². The number of aliphatic carboxylic acids is 1. The number of nitrogens with zero attached hydrogens (tertiary/aromatic N) is 1. The van der Waals surface area contributed by atoms with E-state index in [4.69, 9.17) is 17.2 Å². The molecule has 2 aromatic rings. The van der Waals surface area contributed by atoms with E-state index < -0.39 is 127 Å². The van der Waals surface area contributed by atoms with Crippen LogP contribution in [0.1, 0.15) is 79.2 Å². The maximum Gasteiger partial charge on any atom is 0.305 e. The number of primary amides is 1. The summed E-state index contributed by atoms with van der Waals surface area (Å²) in [6.07, 6.45) is -0.736. The van der Waals surface area contributed by atoms with Crippen molar-refractivity contribution in [1.82, 2.24) is 47.5 Å². The van der Waals surface area contributed by atoms with Crippen molar-refractivity contribution in [2.45, 2.75) is 128 Å². The number of carbonyl (C=O) groups excluding carboxylic acids is 9. The van der Waals surface area contributed by atoms with Crippen molar-refractivity contribution in [3.05, 3.63) is 36.0 Å². The highest BCUT2D eigenvalue weighted by atomic mass is 16.4. The normalized spacial score (nSPS) is 14.5. The highest BCUT2D eigenvalue weighted by Gasteiger charge is 2.35. The largest absolute Gasteiger partial charge is 0.481 e. The molecule has 70 heavy (non-hydrogen) atoms. The predicted molar refractivity (Wildman–Crippen MR) is 253 cm³/mol. The number of hydrogen-bond donors (Lipinski definition) is 15. The summed E-state index contributed by atoms with van der Waals surface area (Å²) in [4.78, 5) is 137. The van der Waals surface area contributed by atoms with Crippen molar-refractivity contribution < 1.29 is 63.3 Å². The lowest BCUT2D eigenvalue weighted by atomic mass is 10.0. The molecule has 0 saturated carbocycles. The van der Waals surface area contributed by atoms with Gasteiger partial charge in [0.1, 0.15) is 42.3 Å². The number of rotatable bonds is 30. The number of aromatic nitrogens is 1. The van der Waals surface area contributed by atoms with Gasteiger partial charge in [-0.15, -0.1) is 0 Å². The molecule has 0 aliphatic carbocycles. The number of carboxylic acid groups (broad SMARTS) is 1. The third kappa shape index (κ3) is 20.5.